The summed E-state index contributed by atoms with van der Waals surface area (Å²) in [4.78, 5) is 26.8. The number of carbonyl (C=O) groups is 2. The summed E-state index contributed by atoms with van der Waals surface area (Å²) in [6, 6.07) is 7.22. The van der Waals surface area contributed by atoms with E-state index in [2.05, 4.69) is 22.6 Å². The van der Waals surface area contributed by atoms with Crippen molar-refractivity contribution in [2.24, 2.45) is 11.8 Å². The summed E-state index contributed by atoms with van der Waals surface area (Å²) in [6.45, 7) is 2.85. The molecule has 1 aliphatic heterocycles. The third-order valence-electron chi connectivity index (χ3n) is 5.16. The van der Waals surface area contributed by atoms with Crippen LogP contribution in [0.3, 0.4) is 0 Å². The molecule has 5 heteroatoms. The van der Waals surface area contributed by atoms with Gasteiger partial charge in [-0.1, -0.05) is 18.9 Å². The zero-order valence-corrected chi connectivity index (χ0v) is 14.4. The highest BCUT2D eigenvalue weighted by atomic mass is 16.2. The number of anilines is 1. The first-order chi connectivity index (χ1) is 11.6. The molecular formula is C19H27N3O2. The molecule has 0 aromatic heterocycles. The minimum absolute atomic E-state index is 0.0680. The lowest BCUT2D eigenvalue weighted by molar-refractivity contribution is -0.119. The monoisotopic (exact) mass is 329 g/mol. The normalized spacial score (nSPS) is 21.8. The molecule has 1 heterocycles. The Balaban J connectivity index is 1.53. The summed E-state index contributed by atoms with van der Waals surface area (Å²) >= 11 is 0. The van der Waals surface area contributed by atoms with E-state index in [1.165, 1.54) is 0 Å². The van der Waals surface area contributed by atoms with Gasteiger partial charge in [0.1, 0.15) is 0 Å². The van der Waals surface area contributed by atoms with Crippen molar-refractivity contribution in [1.82, 2.24) is 10.2 Å². The number of nitrogens with one attached hydrogen (secondary N) is 2. The van der Waals surface area contributed by atoms with Gasteiger partial charge in [-0.25, -0.2) is 0 Å². The Morgan fingerprint density at radius 1 is 1.21 bits per heavy atom. The van der Waals surface area contributed by atoms with E-state index in [1.807, 2.05) is 12.1 Å². The summed E-state index contributed by atoms with van der Waals surface area (Å²) in [5, 5.41) is 5.98. The molecule has 2 aliphatic rings. The van der Waals surface area contributed by atoms with Crippen molar-refractivity contribution >= 4 is 17.5 Å². The van der Waals surface area contributed by atoms with Crippen LogP contribution in [-0.2, 0) is 4.79 Å². The van der Waals surface area contributed by atoms with Crippen molar-refractivity contribution in [3.05, 3.63) is 29.8 Å². The molecule has 0 spiro atoms. The number of rotatable bonds is 5. The molecule has 1 saturated carbocycles. The highest BCUT2D eigenvalue weighted by Gasteiger charge is 2.23. The van der Waals surface area contributed by atoms with E-state index >= 15 is 0 Å². The second kappa shape index (κ2) is 7.79. The number of hydrogen-bond acceptors (Lipinski definition) is 3. The molecule has 1 aromatic carbocycles. The van der Waals surface area contributed by atoms with Crippen LogP contribution in [0.2, 0.25) is 0 Å². The Bertz CT molecular complexity index is 596. The summed E-state index contributed by atoms with van der Waals surface area (Å²) in [6.07, 6.45) is 5.35. The number of amides is 2. The van der Waals surface area contributed by atoms with Crippen molar-refractivity contribution in [3.63, 3.8) is 0 Å². The van der Waals surface area contributed by atoms with E-state index in [4.69, 9.17) is 0 Å². The van der Waals surface area contributed by atoms with Crippen LogP contribution in [0.25, 0.3) is 0 Å². The first-order valence-electron chi connectivity index (χ1n) is 8.99. The summed E-state index contributed by atoms with van der Waals surface area (Å²) < 4.78 is 0. The Morgan fingerprint density at radius 2 is 2.00 bits per heavy atom. The number of hydrogen-bond donors (Lipinski definition) is 2. The van der Waals surface area contributed by atoms with E-state index in [0.29, 0.717) is 23.7 Å². The standard InChI is InChI=1S/C19H27N3O2/c1-22-10-9-14(13-22)12-20-18(23)16-7-4-8-17(11-16)21-19(24)15-5-2-3-6-15/h4,7-8,11,14-15H,2-3,5-6,9-10,12-13H2,1H3,(H,20,23)(H,21,24)/t14-/m0/s1. The Morgan fingerprint density at radius 3 is 2.71 bits per heavy atom. The van der Waals surface area contributed by atoms with Gasteiger partial charge in [-0.3, -0.25) is 9.59 Å². The highest BCUT2D eigenvalue weighted by molar-refractivity contribution is 5.97. The van der Waals surface area contributed by atoms with E-state index in [0.717, 1.165) is 45.2 Å². The van der Waals surface area contributed by atoms with E-state index in [-0.39, 0.29) is 17.7 Å². The molecule has 0 unspecified atom stereocenters. The lowest BCUT2D eigenvalue weighted by atomic mass is 10.1. The minimum atomic E-state index is -0.0680. The molecule has 3 rings (SSSR count). The fraction of sp³-hybridized carbons (Fsp3) is 0.579. The Kier molecular flexibility index (Phi) is 5.51. The molecule has 2 fully saturated rings. The van der Waals surface area contributed by atoms with Crippen molar-refractivity contribution < 1.29 is 9.59 Å². The molecular weight excluding hydrogens is 302 g/mol. The smallest absolute Gasteiger partial charge is 0.251 e. The van der Waals surface area contributed by atoms with Crippen LogP contribution in [0.4, 0.5) is 5.69 Å². The lowest BCUT2D eigenvalue weighted by Gasteiger charge is -2.13. The fourth-order valence-electron chi connectivity index (χ4n) is 3.70. The number of benzene rings is 1. The van der Waals surface area contributed by atoms with E-state index < -0.39 is 0 Å². The largest absolute Gasteiger partial charge is 0.352 e. The third-order valence-corrected chi connectivity index (χ3v) is 5.16. The number of carbonyl (C=O) groups excluding carboxylic acids is 2. The molecule has 1 atom stereocenters. The zero-order valence-electron chi connectivity index (χ0n) is 14.4. The molecule has 0 bridgehead atoms. The van der Waals surface area contributed by atoms with Gasteiger partial charge in [-0.15, -0.1) is 0 Å². The zero-order chi connectivity index (χ0) is 16.9. The molecule has 1 aromatic rings. The predicted molar refractivity (Wildman–Crippen MR) is 95.0 cm³/mol. The minimum Gasteiger partial charge on any atom is -0.352 e. The van der Waals surface area contributed by atoms with Gasteiger partial charge in [0.15, 0.2) is 0 Å². The molecule has 2 amide bonds. The first kappa shape index (κ1) is 17.0. The molecule has 0 radical (unpaired) electrons. The van der Waals surface area contributed by atoms with Gasteiger partial charge in [-0.2, -0.15) is 0 Å². The van der Waals surface area contributed by atoms with Gasteiger partial charge in [0.2, 0.25) is 5.91 Å². The average molecular weight is 329 g/mol. The van der Waals surface area contributed by atoms with Crippen LogP contribution in [0.15, 0.2) is 24.3 Å². The quantitative estimate of drug-likeness (QED) is 0.872. The number of likely N-dealkylation sites (tertiary alicyclic amines) is 1. The first-order valence-corrected chi connectivity index (χ1v) is 8.99. The maximum atomic E-state index is 12.3. The van der Waals surface area contributed by atoms with Crippen LogP contribution >= 0.6 is 0 Å². The van der Waals surface area contributed by atoms with E-state index in [9.17, 15) is 9.59 Å². The molecule has 1 saturated heterocycles. The van der Waals surface area contributed by atoms with Crippen LogP contribution in [-0.4, -0.2) is 43.4 Å². The van der Waals surface area contributed by atoms with Crippen molar-refractivity contribution in [2.45, 2.75) is 32.1 Å². The van der Waals surface area contributed by atoms with Crippen LogP contribution in [0.5, 0.6) is 0 Å². The number of nitrogens with zero attached hydrogens (tertiary/aromatic N) is 1. The molecule has 1 aliphatic carbocycles. The van der Waals surface area contributed by atoms with Crippen molar-refractivity contribution in [3.8, 4) is 0 Å². The lowest BCUT2D eigenvalue weighted by Crippen LogP contribution is -2.30. The van der Waals surface area contributed by atoms with Crippen molar-refractivity contribution in [2.75, 3.05) is 32.0 Å². The van der Waals surface area contributed by atoms with Gasteiger partial charge >= 0.3 is 0 Å². The second-order valence-electron chi connectivity index (χ2n) is 7.18. The van der Waals surface area contributed by atoms with Gasteiger partial charge < -0.3 is 15.5 Å². The molecule has 5 nitrogen and oxygen atoms in total. The predicted octanol–water partition coefficient (Wildman–Crippen LogP) is 2.50. The highest BCUT2D eigenvalue weighted by Crippen LogP contribution is 2.26. The fourth-order valence-corrected chi connectivity index (χ4v) is 3.70. The van der Waals surface area contributed by atoms with Gasteiger partial charge in [0, 0.05) is 30.3 Å². The third kappa shape index (κ3) is 4.35. The van der Waals surface area contributed by atoms with Crippen LogP contribution < -0.4 is 10.6 Å². The second-order valence-corrected chi connectivity index (χ2v) is 7.18. The van der Waals surface area contributed by atoms with Gasteiger partial charge in [0.25, 0.3) is 5.91 Å². The summed E-state index contributed by atoms with van der Waals surface area (Å²) in [7, 11) is 2.11. The summed E-state index contributed by atoms with van der Waals surface area (Å²) in [5.41, 5.74) is 1.31. The maximum Gasteiger partial charge on any atom is 0.251 e. The van der Waals surface area contributed by atoms with E-state index in [1.54, 1.807) is 12.1 Å². The Labute approximate surface area is 143 Å². The molecule has 2 N–H and O–H groups in total. The summed E-state index contributed by atoms with van der Waals surface area (Å²) in [5.74, 6) is 0.673. The topological polar surface area (TPSA) is 61.4 Å². The average Bonchev–Trinajstić information content (AvgIpc) is 3.24. The van der Waals surface area contributed by atoms with Crippen LogP contribution in [0, 0.1) is 11.8 Å². The van der Waals surface area contributed by atoms with Gasteiger partial charge in [-0.05, 0) is 57.0 Å². The molecule has 130 valence electrons. The van der Waals surface area contributed by atoms with Crippen LogP contribution in [0.1, 0.15) is 42.5 Å². The van der Waals surface area contributed by atoms with Gasteiger partial charge in [0.05, 0.1) is 0 Å². The Hall–Kier alpha value is -1.88. The van der Waals surface area contributed by atoms with Crippen molar-refractivity contribution in [1.29, 1.82) is 0 Å². The molecule has 24 heavy (non-hydrogen) atoms. The maximum absolute atomic E-state index is 12.3. The SMILES string of the molecule is CN1CC[C@@H](CNC(=O)c2cccc(NC(=O)C3CCCC3)c2)C1.